The summed E-state index contributed by atoms with van der Waals surface area (Å²) >= 11 is 0. The second kappa shape index (κ2) is 7.36. The number of hydrogen-bond acceptors (Lipinski definition) is 3. The molecule has 0 radical (unpaired) electrons. The number of aromatic nitrogens is 3. The highest BCUT2D eigenvalue weighted by molar-refractivity contribution is 6.09. The van der Waals surface area contributed by atoms with Gasteiger partial charge in [-0.1, -0.05) is 48.9 Å². The minimum absolute atomic E-state index is 0.212. The number of likely N-dealkylation sites (tertiary alicyclic amines) is 1. The number of H-pyrrole nitrogens is 1. The Kier molecular flexibility index (Phi) is 4.35. The van der Waals surface area contributed by atoms with E-state index in [2.05, 4.69) is 69.7 Å². The highest BCUT2D eigenvalue weighted by Crippen LogP contribution is 2.34. The molecule has 5 aromatic rings. The van der Waals surface area contributed by atoms with Crippen molar-refractivity contribution in [2.75, 3.05) is 13.1 Å². The molecule has 0 unspecified atom stereocenters. The summed E-state index contributed by atoms with van der Waals surface area (Å²) in [5.41, 5.74) is 3.95. The number of nitrogens with one attached hydrogen (secondary N) is 1. The fraction of sp³-hybridized carbons (Fsp3) is 0.231. The molecule has 6 rings (SSSR count). The van der Waals surface area contributed by atoms with Gasteiger partial charge >= 0.3 is 5.69 Å². The first-order valence-corrected chi connectivity index (χ1v) is 11.0. The van der Waals surface area contributed by atoms with Gasteiger partial charge in [0.2, 0.25) is 0 Å². The van der Waals surface area contributed by atoms with E-state index in [0.717, 1.165) is 33.8 Å². The molecule has 1 fully saturated rings. The lowest BCUT2D eigenvalue weighted by Crippen LogP contribution is -2.29. The van der Waals surface area contributed by atoms with Crippen molar-refractivity contribution in [3.05, 3.63) is 82.9 Å². The highest BCUT2D eigenvalue weighted by Gasteiger charge is 2.15. The zero-order valence-electron chi connectivity index (χ0n) is 17.3. The number of piperidine rings is 1. The van der Waals surface area contributed by atoms with Crippen molar-refractivity contribution in [1.29, 1.82) is 0 Å². The van der Waals surface area contributed by atoms with Gasteiger partial charge in [0.1, 0.15) is 0 Å². The second-order valence-corrected chi connectivity index (χ2v) is 8.55. The molecule has 3 heterocycles. The lowest BCUT2D eigenvalue weighted by atomic mass is 9.96. The smallest absolute Gasteiger partial charge is 0.299 e. The van der Waals surface area contributed by atoms with Gasteiger partial charge in [-0.15, -0.1) is 0 Å². The molecule has 1 aliphatic rings. The van der Waals surface area contributed by atoms with E-state index in [4.69, 9.17) is 0 Å². The zero-order chi connectivity index (χ0) is 20.8. The van der Waals surface area contributed by atoms with Gasteiger partial charge in [-0.25, -0.2) is 14.3 Å². The maximum atomic E-state index is 12.4. The van der Waals surface area contributed by atoms with Gasteiger partial charge < -0.3 is 0 Å². The average Bonchev–Trinajstić information content (AvgIpc) is 3.19. The van der Waals surface area contributed by atoms with Gasteiger partial charge in [-0.05, 0) is 71.4 Å². The topological polar surface area (TPSA) is 53.4 Å². The number of fused-ring (bicyclic) bond motifs is 4. The van der Waals surface area contributed by atoms with Crippen LogP contribution in [0.1, 0.15) is 24.8 Å². The Balaban J connectivity index is 1.56. The molecular weight excluding hydrogens is 384 g/mol. The summed E-state index contributed by atoms with van der Waals surface area (Å²) in [5, 5.41) is 11.3. The number of rotatable bonds is 3. The van der Waals surface area contributed by atoms with Crippen molar-refractivity contribution in [3.8, 4) is 11.1 Å². The molecule has 1 N–H and O–H groups in total. The lowest BCUT2D eigenvalue weighted by Gasteiger charge is -2.26. The zero-order valence-corrected chi connectivity index (χ0v) is 17.3. The Bertz CT molecular complexity index is 1470. The van der Waals surface area contributed by atoms with Crippen LogP contribution in [-0.4, -0.2) is 32.6 Å². The molecule has 0 amide bonds. The summed E-state index contributed by atoms with van der Waals surface area (Å²) < 4.78 is 1.63. The summed E-state index contributed by atoms with van der Waals surface area (Å²) in [6, 6.07) is 21.4. The molecule has 0 bridgehead atoms. The third-order valence-electron chi connectivity index (χ3n) is 6.47. The molecule has 0 spiro atoms. The average molecular weight is 409 g/mol. The molecule has 5 nitrogen and oxygen atoms in total. The van der Waals surface area contributed by atoms with Crippen molar-refractivity contribution < 1.29 is 0 Å². The Hall–Kier alpha value is -3.44. The minimum Gasteiger partial charge on any atom is -0.299 e. The predicted octanol–water partition coefficient (Wildman–Crippen LogP) is 4.98. The van der Waals surface area contributed by atoms with Gasteiger partial charge in [-0.2, -0.15) is 5.10 Å². The molecule has 3 aromatic carbocycles. The van der Waals surface area contributed by atoms with E-state index in [1.54, 1.807) is 4.40 Å². The van der Waals surface area contributed by atoms with E-state index in [1.807, 2.05) is 12.3 Å². The molecule has 154 valence electrons. The van der Waals surface area contributed by atoms with Crippen LogP contribution < -0.4 is 5.69 Å². The van der Waals surface area contributed by atoms with Crippen molar-refractivity contribution in [1.82, 2.24) is 19.5 Å². The van der Waals surface area contributed by atoms with Crippen molar-refractivity contribution in [2.24, 2.45) is 0 Å². The van der Waals surface area contributed by atoms with Gasteiger partial charge in [0, 0.05) is 23.7 Å². The maximum Gasteiger partial charge on any atom is 0.347 e. The second-order valence-electron chi connectivity index (χ2n) is 8.55. The predicted molar refractivity (Wildman–Crippen MR) is 125 cm³/mol. The molecule has 1 saturated heterocycles. The number of benzene rings is 3. The van der Waals surface area contributed by atoms with Crippen LogP contribution in [0.3, 0.4) is 0 Å². The van der Waals surface area contributed by atoms with E-state index < -0.39 is 0 Å². The SMILES string of the molecule is O=c1[nH]nc2c3cc4ccccc4cc3c(-c3cccc(CN4CCCCC4)c3)cn12. The van der Waals surface area contributed by atoms with Crippen LogP contribution in [-0.2, 0) is 6.54 Å². The van der Waals surface area contributed by atoms with E-state index in [9.17, 15) is 4.79 Å². The third-order valence-corrected chi connectivity index (χ3v) is 6.47. The quantitative estimate of drug-likeness (QED) is 0.428. The molecule has 0 aliphatic carbocycles. The number of hydrogen-bond donors (Lipinski definition) is 1. The van der Waals surface area contributed by atoms with Crippen LogP contribution in [0.15, 0.2) is 71.7 Å². The fourth-order valence-corrected chi connectivity index (χ4v) is 4.90. The normalized spacial score (nSPS) is 15.2. The summed E-state index contributed by atoms with van der Waals surface area (Å²) in [6.07, 6.45) is 5.85. The molecule has 2 aromatic heterocycles. The summed E-state index contributed by atoms with van der Waals surface area (Å²) in [4.78, 5) is 15.0. The standard InChI is InChI=1S/C26H24N4O/c31-26-28-27-25-23-15-20-9-3-2-8-19(20)14-22(23)24(17-30(25)26)21-10-6-7-18(13-21)16-29-11-4-1-5-12-29/h2-3,6-10,13-15,17H,1,4-5,11-12,16H2,(H,28,31). The lowest BCUT2D eigenvalue weighted by molar-refractivity contribution is 0.221. The third kappa shape index (κ3) is 3.22. The maximum absolute atomic E-state index is 12.4. The largest absolute Gasteiger partial charge is 0.347 e. The molecular formula is C26H24N4O. The summed E-state index contributed by atoms with van der Waals surface area (Å²) in [6.45, 7) is 3.33. The van der Waals surface area contributed by atoms with Crippen molar-refractivity contribution in [2.45, 2.75) is 25.8 Å². The van der Waals surface area contributed by atoms with Gasteiger partial charge in [0.25, 0.3) is 0 Å². The Morgan fingerprint density at radius 3 is 2.45 bits per heavy atom. The fourth-order valence-electron chi connectivity index (χ4n) is 4.90. The van der Waals surface area contributed by atoms with Crippen LogP contribution in [0, 0.1) is 0 Å². The van der Waals surface area contributed by atoms with E-state index in [-0.39, 0.29) is 5.69 Å². The first kappa shape index (κ1) is 18.3. The van der Waals surface area contributed by atoms with Crippen LogP contribution in [0.5, 0.6) is 0 Å². The van der Waals surface area contributed by atoms with E-state index in [1.165, 1.54) is 43.3 Å². The van der Waals surface area contributed by atoms with Crippen LogP contribution in [0.25, 0.3) is 38.3 Å². The molecule has 0 atom stereocenters. The number of pyridine rings is 1. The first-order chi connectivity index (χ1) is 15.3. The molecule has 31 heavy (non-hydrogen) atoms. The monoisotopic (exact) mass is 408 g/mol. The van der Waals surface area contributed by atoms with Crippen LogP contribution in [0.2, 0.25) is 0 Å². The summed E-state index contributed by atoms with van der Waals surface area (Å²) in [7, 11) is 0. The minimum atomic E-state index is -0.212. The Morgan fingerprint density at radius 1 is 0.871 bits per heavy atom. The van der Waals surface area contributed by atoms with Gasteiger partial charge in [0.15, 0.2) is 5.65 Å². The van der Waals surface area contributed by atoms with Gasteiger partial charge in [-0.3, -0.25) is 4.90 Å². The van der Waals surface area contributed by atoms with Crippen LogP contribution >= 0.6 is 0 Å². The Labute approximate surface area is 179 Å². The molecule has 0 saturated carbocycles. The Morgan fingerprint density at radius 2 is 1.65 bits per heavy atom. The van der Waals surface area contributed by atoms with Crippen molar-refractivity contribution >= 4 is 27.2 Å². The summed E-state index contributed by atoms with van der Waals surface area (Å²) in [5.74, 6) is 0. The molecule has 5 heteroatoms. The van der Waals surface area contributed by atoms with Gasteiger partial charge in [0.05, 0.1) is 0 Å². The number of nitrogens with zero attached hydrogens (tertiary/aromatic N) is 3. The van der Waals surface area contributed by atoms with Crippen LogP contribution in [0.4, 0.5) is 0 Å². The van der Waals surface area contributed by atoms with E-state index in [0.29, 0.717) is 5.65 Å². The molecule has 1 aliphatic heterocycles. The highest BCUT2D eigenvalue weighted by atomic mass is 16.1. The van der Waals surface area contributed by atoms with E-state index >= 15 is 0 Å². The van der Waals surface area contributed by atoms with Crippen molar-refractivity contribution in [3.63, 3.8) is 0 Å². The number of aromatic amines is 1. The first-order valence-electron chi connectivity index (χ1n) is 11.0.